The van der Waals surface area contributed by atoms with Gasteiger partial charge in [-0.15, -0.1) is 0 Å². The van der Waals surface area contributed by atoms with Crippen molar-refractivity contribution in [1.82, 2.24) is 0 Å². The lowest BCUT2D eigenvalue weighted by Gasteiger charge is -2.20. The number of halogens is 2. The molecule has 0 N–H and O–H groups in total. The summed E-state index contributed by atoms with van der Waals surface area (Å²) in [7, 11) is 0. The van der Waals surface area contributed by atoms with E-state index in [0.29, 0.717) is 0 Å². The van der Waals surface area contributed by atoms with Crippen molar-refractivity contribution in [2.24, 2.45) is 5.92 Å². The molecule has 5 nitrogen and oxygen atoms in total. The van der Waals surface area contributed by atoms with Crippen molar-refractivity contribution in [1.29, 1.82) is 0 Å². The van der Waals surface area contributed by atoms with Gasteiger partial charge in [0.05, 0.1) is 11.8 Å². The predicted molar refractivity (Wildman–Crippen MR) is 84.6 cm³/mol. The van der Waals surface area contributed by atoms with E-state index >= 15 is 0 Å². The van der Waals surface area contributed by atoms with Gasteiger partial charge in [-0.25, -0.2) is 4.39 Å². The first kappa shape index (κ1) is 16.3. The second kappa shape index (κ2) is 6.13. The Labute approximate surface area is 141 Å². The van der Waals surface area contributed by atoms with Gasteiger partial charge in [0, 0.05) is 26.6 Å². The van der Waals surface area contributed by atoms with Gasteiger partial charge in [-0.05, 0) is 12.1 Å². The van der Waals surface area contributed by atoms with Crippen LogP contribution in [-0.2, 0) is 0 Å². The van der Waals surface area contributed by atoms with Gasteiger partial charge in [0.25, 0.3) is 0 Å². The van der Waals surface area contributed by atoms with Crippen molar-refractivity contribution in [2.75, 3.05) is 6.54 Å². The second-order valence-electron chi connectivity index (χ2n) is 5.51. The third kappa shape index (κ3) is 2.59. The number of ketones is 2. The van der Waals surface area contributed by atoms with E-state index in [2.05, 4.69) is 0 Å². The first-order valence-electron chi connectivity index (χ1n) is 7.15. The summed E-state index contributed by atoms with van der Waals surface area (Å²) in [5, 5.41) is 11.0. The van der Waals surface area contributed by atoms with E-state index in [1.54, 1.807) is 12.1 Å². The molecule has 0 spiro atoms. The Morgan fingerprint density at radius 2 is 1.67 bits per heavy atom. The molecular formula is C17H11ClFNO4. The summed E-state index contributed by atoms with van der Waals surface area (Å²) < 4.78 is 14.3. The Morgan fingerprint density at radius 1 is 1.08 bits per heavy atom. The number of nitrogens with zero attached hydrogens (tertiary/aromatic N) is 1. The predicted octanol–water partition coefficient (Wildman–Crippen LogP) is 3.53. The Morgan fingerprint density at radius 3 is 2.17 bits per heavy atom. The van der Waals surface area contributed by atoms with Crippen molar-refractivity contribution in [3.05, 3.63) is 80.1 Å². The topological polar surface area (TPSA) is 77.3 Å². The van der Waals surface area contributed by atoms with Gasteiger partial charge in [-0.3, -0.25) is 19.7 Å². The maximum Gasteiger partial charge on any atom is 0.212 e. The van der Waals surface area contributed by atoms with E-state index in [4.69, 9.17) is 11.6 Å². The van der Waals surface area contributed by atoms with E-state index in [1.165, 1.54) is 24.3 Å². The van der Waals surface area contributed by atoms with Crippen molar-refractivity contribution >= 4 is 23.2 Å². The molecule has 0 amide bonds. The van der Waals surface area contributed by atoms with Crippen LogP contribution in [0.15, 0.2) is 42.5 Å². The first-order valence-corrected chi connectivity index (χ1v) is 7.52. The van der Waals surface area contributed by atoms with Crippen LogP contribution in [0.3, 0.4) is 0 Å². The number of fused-ring (bicyclic) bond motifs is 1. The average molecular weight is 348 g/mol. The highest BCUT2D eigenvalue weighted by molar-refractivity contribution is 6.32. The molecule has 0 saturated heterocycles. The van der Waals surface area contributed by atoms with E-state index in [0.717, 1.165) is 6.07 Å². The lowest BCUT2D eigenvalue weighted by molar-refractivity contribution is -0.484. The minimum absolute atomic E-state index is 0.0431. The summed E-state index contributed by atoms with van der Waals surface area (Å²) in [6, 6.07) is 10.0. The van der Waals surface area contributed by atoms with Crippen LogP contribution in [0.1, 0.15) is 32.2 Å². The van der Waals surface area contributed by atoms with Crippen LogP contribution >= 0.6 is 11.6 Å². The SMILES string of the molecule is O=C1c2ccccc2C(=O)C1C(C[N+](=O)[O-])c1c(F)cccc1Cl. The molecule has 0 aliphatic heterocycles. The maximum atomic E-state index is 14.3. The zero-order valence-electron chi connectivity index (χ0n) is 12.2. The van der Waals surface area contributed by atoms with Crippen LogP contribution in [0.25, 0.3) is 0 Å². The molecule has 7 heteroatoms. The van der Waals surface area contributed by atoms with E-state index in [1.807, 2.05) is 0 Å². The van der Waals surface area contributed by atoms with Gasteiger partial charge in [0.15, 0.2) is 11.6 Å². The van der Waals surface area contributed by atoms with Crippen LogP contribution in [0.4, 0.5) is 4.39 Å². The highest BCUT2D eigenvalue weighted by atomic mass is 35.5. The number of benzene rings is 2. The molecule has 0 radical (unpaired) electrons. The lowest BCUT2D eigenvalue weighted by atomic mass is 9.82. The third-order valence-electron chi connectivity index (χ3n) is 4.14. The molecule has 1 unspecified atom stereocenters. The molecule has 2 aromatic carbocycles. The molecule has 122 valence electrons. The fourth-order valence-electron chi connectivity index (χ4n) is 3.12. The highest BCUT2D eigenvalue weighted by Gasteiger charge is 2.47. The van der Waals surface area contributed by atoms with Crippen LogP contribution < -0.4 is 0 Å². The number of rotatable bonds is 4. The van der Waals surface area contributed by atoms with Crippen molar-refractivity contribution < 1.29 is 18.9 Å². The molecule has 0 heterocycles. The Hall–Kier alpha value is -2.60. The largest absolute Gasteiger partial charge is 0.293 e. The summed E-state index contributed by atoms with van der Waals surface area (Å²) in [5.74, 6) is -4.46. The van der Waals surface area contributed by atoms with E-state index in [9.17, 15) is 24.1 Å². The molecule has 0 saturated carbocycles. The van der Waals surface area contributed by atoms with Gasteiger partial charge in [0.2, 0.25) is 6.54 Å². The maximum absolute atomic E-state index is 14.3. The van der Waals surface area contributed by atoms with E-state index in [-0.39, 0.29) is 21.7 Å². The summed E-state index contributed by atoms with van der Waals surface area (Å²) >= 11 is 6.01. The molecule has 3 rings (SSSR count). The van der Waals surface area contributed by atoms with Crippen molar-refractivity contribution in [2.45, 2.75) is 5.92 Å². The van der Waals surface area contributed by atoms with Gasteiger partial charge in [-0.1, -0.05) is 41.9 Å². The number of carbonyl (C=O) groups is 2. The van der Waals surface area contributed by atoms with Crippen molar-refractivity contribution in [3.63, 3.8) is 0 Å². The number of hydrogen-bond donors (Lipinski definition) is 0. The van der Waals surface area contributed by atoms with Gasteiger partial charge < -0.3 is 0 Å². The summed E-state index contributed by atoms with van der Waals surface area (Å²) in [4.78, 5) is 35.6. The van der Waals surface area contributed by atoms with Crippen LogP contribution in [-0.4, -0.2) is 23.0 Å². The Bertz CT molecular complexity index is 812. The molecule has 0 fully saturated rings. The minimum atomic E-state index is -1.35. The Balaban J connectivity index is 2.14. The molecule has 24 heavy (non-hydrogen) atoms. The molecule has 0 aromatic heterocycles. The Kier molecular flexibility index (Phi) is 4.15. The zero-order valence-corrected chi connectivity index (χ0v) is 13.0. The number of Topliss-reactive ketones (excluding diaryl/α,β-unsaturated/α-hetero) is 2. The third-order valence-corrected chi connectivity index (χ3v) is 4.47. The number of carbonyl (C=O) groups excluding carboxylic acids is 2. The van der Waals surface area contributed by atoms with Gasteiger partial charge in [0.1, 0.15) is 5.82 Å². The normalized spacial score (nSPS) is 15.4. The highest BCUT2D eigenvalue weighted by Crippen LogP contribution is 2.40. The van der Waals surface area contributed by atoms with Crippen molar-refractivity contribution in [3.8, 4) is 0 Å². The standard InChI is InChI=1S/C17H11ClFNO4/c18-12-6-3-7-13(19)14(12)11(8-20(23)24)15-16(21)9-4-1-2-5-10(9)17(15)22/h1-7,11,15H,8H2. The van der Waals surface area contributed by atoms with Crippen LogP contribution in [0.5, 0.6) is 0 Å². The monoisotopic (exact) mass is 347 g/mol. The summed E-state index contributed by atoms with van der Waals surface area (Å²) in [6.07, 6.45) is 0. The molecule has 1 atom stereocenters. The zero-order chi connectivity index (χ0) is 17.4. The number of nitro groups is 1. The minimum Gasteiger partial charge on any atom is -0.293 e. The van der Waals surface area contributed by atoms with Crippen LogP contribution in [0, 0.1) is 21.8 Å². The fraction of sp³-hybridized carbons (Fsp3) is 0.176. The second-order valence-corrected chi connectivity index (χ2v) is 5.92. The summed E-state index contributed by atoms with van der Waals surface area (Å²) in [6.45, 7) is -0.767. The molecule has 1 aliphatic carbocycles. The lowest BCUT2D eigenvalue weighted by Crippen LogP contribution is -2.30. The molecule has 2 aromatic rings. The molecule has 0 bridgehead atoms. The fourth-order valence-corrected chi connectivity index (χ4v) is 3.42. The van der Waals surface area contributed by atoms with E-state index < -0.39 is 40.7 Å². The first-order chi connectivity index (χ1) is 11.4. The number of hydrogen-bond acceptors (Lipinski definition) is 4. The van der Waals surface area contributed by atoms with Crippen LogP contribution in [0.2, 0.25) is 5.02 Å². The summed E-state index contributed by atoms with van der Waals surface area (Å²) in [5.41, 5.74) is 0.233. The quantitative estimate of drug-likeness (QED) is 0.481. The molecular weight excluding hydrogens is 337 g/mol. The molecule has 1 aliphatic rings. The van der Waals surface area contributed by atoms with Gasteiger partial charge >= 0.3 is 0 Å². The van der Waals surface area contributed by atoms with Gasteiger partial charge in [-0.2, -0.15) is 0 Å². The average Bonchev–Trinajstić information content (AvgIpc) is 2.78. The smallest absolute Gasteiger partial charge is 0.212 e.